The van der Waals surface area contributed by atoms with Crippen molar-refractivity contribution in [2.75, 3.05) is 67.5 Å². The van der Waals surface area contributed by atoms with E-state index in [9.17, 15) is 15.0 Å². The molecular formula is C51H96N4O12. The maximum atomic E-state index is 12.0. The molecule has 67 heavy (non-hydrogen) atoms. The number of benzene rings is 1. The summed E-state index contributed by atoms with van der Waals surface area (Å²) < 4.78 is 23.2. The Morgan fingerprint density at radius 3 is 2.25 bits per heavy atom. The van der Waals surface area contributed by atoms with Crippen LogP contribution in [-0.4, -0.2) is 170 Å². The van der Waals surface area contributed by atoms with Crippen LogP contribution in [0.15, 0.2) is 30.5 Å². The number of carbonyl (C=O) groups is 1. The third-order valence-electron chi connectivity index (χ3n) is 12.8. The Morgan fingerprint density at radius 2 is 1.75 bits per heavy atom. The summed E-state index contributed by atoms with van der Waals surface area (Å²) >= 11 is 0. The summed E-state index contributed by atoms with van der Waals surface area (Å²) in [6, 6.07) is 8.73. The number of ether oxygens (including phenoxy) is 4. The minimum atomic E-state index is -0.813. The second-order valence-electron chi connectivity index (χ2n) is 19.2. The molecule has 0 amide bonds. The number of carbonyl (C=O) groups excluding carboxylic acids is 1. The Bertz CT molecular complexity index is 1590. The Hall–Kier alpha value is -2.42. The summed E-state index contributed by atoms with van der Waals surface area (Å²) in [7, 11) is 10.1. The first-order chi connectivity index (χ1) is 31.5. The molecule has 1 aromatic heterocycles. The van der Waals surface area contributed by atoms with Crippen molar-refractivity contribution >= 4 is 22.9 Å². The van der Waals surface area contributed by atoms with Crippen molar-refractivity contribution in [3.05, 3.63) is 36.0 Å². The average molecular weight is 957 g/mol. The lowest BCUT2D eigenvalue weighted by molar-refractivity contribution is -0.365. The summed E-state index contributed by atoms with van der Waals surface area (Å²) in [5.41, 5.74) is 1.08. The van der Waals surface area contributed by atoms with E-state index in [1.165, 1.54) is 5.56 Å². The number of aldehydes is 1. The van der Waals surface area contributed by atoms with E-state index in [2.05, 4.69) is 54.6 Å². The van der Waals surface area contributed by atoms with Crippen LogP contribution in [0.1, 0.15) is 126 Å². The highest BCUT2D eigenvalue weighted by atomic mass is 17.2. The Morgan fingerprint density at radius 1 is 1.09 bits per heavy atom. The quantitative estimate of drug-likeness (QED) is 0.0222. The minimum Gasteiger partial charge on any atom is -0.400 e. The Kier molecular flexibility index (Phi) is 32.0. The van der Waals surface area contributed by atoms with Crippen LogP contribution in [0.2, 0.25) is 0 Å². The molecule has 3 rings (SSSR count). The summed E-state index contributed by atoms with van der Waals surface area (Å²) in [4.78, 5) is 30.4. The number of pyridine rings is 1. The van der Waals surface area contributed by atoms with Gasteiger partial charge in [-0.25, -0.2) is 9.78 Å². The zero-order valence-electron chi connectivity index (χ0n) is 44.5. The number of nitrogens with one attached hydrogen (secondary N) is 2. The van der Waals surface area contributed by atoms with Gasteiger partial charge in [-0.05, 0) is 138 Å². The highest BCUT2D eigenvalue weighted by Gasteiger charge is 2.47. The van der Waals surface area contributed by atoms with Crippen LogP contribution in [0.4, 0.5) is 5.69 Å². The maximum Gasteiger partial charge on any atom is 0.161 e. The van der Waals surface area contributed by atoms with Gasteiger partial charge in [0.15, 0.2) is 6.29 Å². The van der Waals surface area contributed by atoms with Gasteiger partial charge in [0.05, 0.1) is 47.7 Å². The van der Waals surface area contributed by atoms with Gasteiger partial charge in [0.25, 0.3) is 0 Å². The molecule has 1 fully saturated rings. The summed E-state index contributed by atoms with van der Waals surface area (Å²) in [5.74, 6) is -0.451. The number of aliphatic hydroxyl groups excluding tert-OH is 4. The van der Waals surface area contributed by atoms with E-state index in [0.29, 0.717) is 31.9 Å². The molecule has 16 heteroatoms. The monoisotopic (exact) mass is 957 g/mol. The fraction of sp³-hybridized carbons (Fsp3) is 0.804. The van der Waals surface area contributed by atoms with Gasteiger partial charge in [0.1, 0.15) is 18.0 Å². The van der Waals surface area contributed by atoms with E-state index in [0.717, 1.165) is 68.6 Å². The van der Waals surface area contributed by atoms with Crippen LogP contribution in [-0.2, 0) is 33.5 Å². The van der Waals surface area contributed by atoms with Crippen molar-refractivity contribution in [3.63, 3.8) is 0 Å². The molecule has 0 bridgehead atoms. The summed E-state index contributed by atoms with van der Waals surface area (Å²) in [5, 5.41) is 52.9. The lowest BCUT2D eigenvalue weighted by Gasteiger charge is -2.46. The lowest BCUT2D eigenvalue weighted by Crippen LogP contribution is -2.57. The van der Waals surface area contributed by atoms with E-state index in [1.54, 1.807) is 28.1 Å². The van der Waals surface area contributed by atoms with Crippen LogP contribution in [0.5, 0.6) is 0 Å². The molecule has 2 heterocycles. The number of hydrogen-bond acceptors (Lipinski definition) is 16. The number of aromatic nitrogens is 1. The standard InChI is InChI=1S/C34H55N3O7.C8H19NO2.C8H18O2.CH4O/c1-22-11-12-27-28(13-15-37-29(27)17-22)36-14-10-16-41-44-33(6,19-25(4)35-8)18-23(2)31(24(3)21-38)43-30-20-34(7,40-9)32(39)26(5)42-30;1-7(11)6-8(4-5-10)9(2)3;1-5-7(10-4)8(3,9)6-2;1-2/h11-13,15,17,21,23-26,30-32,35,39H,10,14,16,18-20H2,1-9H3,(H,36,37);7-8,10-11H,4-6H2,1-3H3;7,9H,5-6H2,1-4H3;2H,1H3/t23-,24?,25-,26?,30+,31+,32+,33?,34?;;7-,8?;/m1.1./s1. The first-order valence-electron chi connectivity index (χ1n) is 24.2. The molecule has 2 aromatic rings. The van der Waals surface area contributed by atoms with E-state index in [4.69, 9.17) is 44.0 Å². The fourth-order valence-corrected chi connectivity index (χ4v) is 8.49. The molecule has 1 aliphatic rings. The smallest absolute Gasteiger partial charge is 0.161 e. The SMILES string of the molecule is CC(O)CC(CCO)N(C)C.CC[C@@H](OC)C(C)(O)CC.CN[C@H](C)CC(C)(C[C@@H](C)[C@H](O[C@H]1CC(C)(OC)[C@@H](O)C(C)O1)C(C)C=O)OOCCCNc1ccnc2cc(C)ccc12.CO. The summed E-state index contributed by atoms with van der Waals surface area (Å²) in [6.45, 7) is 22.7. The van der Waals surface area contributed by atoms with E-state index < -0.39 is 41.4 Å². The molecule has 0 spiro atoms. The van der Waals surface area contributed by atoms with Crippen LogP contribution in [0.25, 0.3) is 10.9 Å². The Labute approximate surface area is 404 Å². The number of methoxy groups -OCH3 is 2. The predicted molar refractivity (Wildman–Crippen MR) is 268 cm³/mol. The number of rotatable bonds is 27. The molecular weight excluding hydrogens is 861 g/mol. The minimum absolute atomic E-state index is 0.0301. The third-order valence-corrected chi connectivity index (χ3v) is 12.8. The molecule has 0 saturated carbocycles. The molecule has 1 aromatic carbocycles. The first-order valence-corrected chi connectivity index (χ1v) is 24.2. The van der Waals surface area contributed by atoms with Crippen LogP contribution >= 0.6 is 0 Å². The topological polar surface area (TPSA) is 214 Å². The molecule has 392 valence electrons. The van der Waals surface area contributed by atoms with Gasteiger partial charge >= 0.3 is 0 Å². The van der Waals surface area contributed by atoms with Crippen molar-refractivity contribution in [1.82, 2.24) is 15.2 Å². The van der Waals surface area contributed by atoms with Crippen molar-refractivity contribution < 1.29 is 59.0 Å². The number of aliphatic hydroxyl groups is 5. The van der Waals surface area contributed by atoms with Gasteiger partial charge in [-0.1, -0.05) is 39.8 Å². The van der Waals surface area contributed by atoms with Gasteiger partial charge in [-0.3, -0.25) is 4.98 Å². The third kappa shape index (κ3) is 22.9. The van der Waals surface area contributed by atoms with Crippen molar-refractivity contribution in [1.29, 1.82) is 0 Å². The van der Waals surface area contributed by atoms with E-state index in [-0.39, 0.29) is 36.7 Å². The number of nitrogens with zero attached hydrogens (tertiary/aromatic N) is 2. The highest BCUT2D eigenvalue weighted by molar-refractivity contribution is 5.91. The second-order valence-corrected chi connectivity index (χ2v) is 19.2. The van der Waals surface area contributed by atoms with Crippen molar-refractivity contribution in [3.8, 4) is 0 Å². The molecule has 16 nitrogen and oxygen atoms in total. The van der Waals surface area contributed by atoms with Gasteiger partial charge in [0, 0.05) is 76.2 Å². The molecule has 1 saturated heterocycles. The Balaban J connectivity index is 0.00000155. The largest absolute Gasteiger partial charge is 0.400 e. The number of anilines is 1. The second kappa shape index (κ2) is 33.2. The fourth-order valence-electron chi connectivity index (χ4n) is 8.49. The van der Waals surface area contributed by atoms with Gasteiger partial charge in [-0.2, -0.15) is 0 Å². The molecule has 7 N–H and O–H groups in total. The lowest BCUT2D eigenvalue weighted by atomic mass is 9.82. The van der Waals surface area contributed by atoms with Crippen LogP contribution in [0, 0.1) is 18.8 Å². The van der Waals surface area contributed by atoms with E-state index in [1.807, 2.05) is 79.8 Å². The normalized spacial score (nSPS) is 23.2. The van der Waals surface area contributed by atoms with E-state index >= 15 is 0 Å². The molecule has 13 atom stereocenters. The van der Waals surface area contributed by atoms with Crippen molar-refractivity contribution in [2.24, 2.45) is 11.8 Å². The van der Waals surface area contributed by atoms with Crippen LogP contribution in [0.3, 0.4) is 0 Å². The van der Waals surface area contributed by atoms with Gasteiger partial charge in [-0.15, -0.1) is 0 Å². The molecule has 0 aliphatic carbocycles. The molecule has 0 radical (unpaired) electrons. The first kappa shape index (κ1) is 64.6. The number of fused-ring (bicyclic) bond motifs is 1. The predicted octanol–water partition coefficient (Wildman–Crippen LogP) is 6.45. The highest BCUT2D eigenvalue weighted by Crippen LogP contribution is 2.37. The zero-order chi connectivity index (χ0) is 51.5. The summed E-state index contributed by atoms with van der Waals surface area (Å²) in [6.07, 6.45) is 5.55. The van der Waals surface area contributed by atoms with Crippen LogP contribution < -0.4 is 10.6 Å². The van der Waals surface area contributed by atoms with Gasteiger partial charge in [0.2, 0.25) is 0 Å². The number of hydrogen-bond donors (Lipinski definition) is 7. The molecule has 1 aliphatic heterocycles. The van der Waals surface area contributed by atoms with Crippen molar-refractivity contribution in [2.45, 2.75) is 193 Å². The average Bonchev–Trinajstić information content (AvgIpc) is 3.29. The molecule has 7 unspecified atom stereocenters. The maximum absolute atomic E-state index is 12.0. The van der Waals surface area contributed by atoms with Gasteiger partial charge < -0.3 is 64.8 Å². The number of aryl methyl sites for hydroxylation is 1. The zero-order valence-corrected chi connectivity index (χ0v) is 44.5.